The van der Waals surface area contributed by atoms with Gasteiger partial charge >= 0.3 is 0 Å². The fraction of sp³-hybridized carbons (Fsp3) is 0. The molecule has 0 N–H and O–H groups in total. The highest BCUT2D eigenvalue weighted by atomic mass is 31.0. The van der Waals surface area contributed by atoms with E-state index in [1.54, 1.807) is 6.21 Å². The van der Waals surface area contributed by atoms with Crippen molar-refractivity contribution in [1.29, 1.82) is 0 Å². The highest BCUT2D eigenvalue weighted by Crippen LogP contribution is 2.00. The van der Waals surface area contributed by atoms with Gasteiger partial charge in [0.25, 0.3) is 0 Å². The summed E-state index contributed by atoms with van der Waals surface area (Å²) < 4.78 is 0. The van der Waals surface area contributed by atoms with Gasteiger partial charge in [-0.2, -0.15) is 0 Å². The van der Waals surface area contributed by atoms with Crippen LogP contribution in [0.1, 0.15) is 0 Å². The number of amidine groups is 1. The summed E-state index contributed by atoms with van der Waals surface area (Å²) >= 11 is 0. The Kier molecular flexibility index (Phi) is 1.08. The van der Waals surface area contributed by atoms with E-state index in [-0.39, 0.29) is 0 Å². The third-order valence-corrected chi connectivity index (χ3v) is 1.37. The van der Waals surface area contributed by atoms with E-state index >= 15 is 0 Å². The molecule has 4 nitrogen and oxygen atoms in total. The Hall–Kier alpha value is -1.15. The molecular formula is C5H3N4P. The van der Waals surface area contributed by atoms with Crippen LogP contribution in [0.4, 0.5) is 0 Å². The number of hydrogen-bond acceptors (Lipinski definition) is 2. The molecule has 0 unspecified atom stereocenters. The van der Waals surface area contributed by atoms with Crippen molar-refractivity contribution in [1.82, 2.24) is 0 Å². The van der Waals surface area contributed by atoms with Crippen molar-refractivity contribution < 1.29 is 0 Å². The third-order valence-electron chi connectivity index (χ3n) is 1.13. The minimum atomic E-state index is 0.535. The first-order chi connectivity index (χ1) is 4.86. The van der Waals surface area contributed by atoms with Gasteiger partial charge in [0.2, 0.25) is 0 Å². The van der Waals surface area contributed by atoms with E-state index in [4.69, 9.17) is 0 Å². The van der Waals surface area contributed by atoms with Crippen molar-refractivity contribution in [2.45, 2.75) is 0 Å². The molecule has 0 aromatic rings. The number of nitrogens with zero attached hydrogens (tertiary/aromatic N) is 4. The Morgan fingerprint density at radius 1 is 1.30 bits per heavy atom. The molecule has 0 fully saturated rings. The van der Waals surface area contributed by atoms with Gasteiger partial charge in [-0.25, -0.2) is 20.0 Å². The first kappa shape index (κ1) is 5.62. The van der Waals surface area contributed by atoms with Crippen LogP contribution in [0.2, 0.25) is 0 Å². The average Bonchev–Trinajstić information content (AvgIpc) is 2.33. The molecule has 0 saturated heterocycles. The van der Waals surface area contributed by atoms with Crippen LogP contribution >= 0.6 is 8.86 Å². The zero-order valence-corrected chi connectivity index (χ0v) is 5.94. The lowest BCUT2D eigenvalue weighted by atomic mass is 10.3. The summed E-state index contributed by atoms with van der Waals surface area (Å²) in [5.74, 6) is 0.625. The number of fused-ring (bicyclic) bond motifs is 1. The highest BCUT2D eigenvalue weighted by Gasteiger charge is 2.13. The van der Waals surface area contributed by atoms with Gasteiger partial charge in [0, 0.05) is 0 Å². The van der Waals surface area contributed by atoms with Crippen molar-refractivity contribution >= 4 is 38.5 Å². The molecule has 2 heterocycles. The van der Waals surface area contributed by atoms with Crippen LogP contribution in [0.15, 0.2) is 20.0 Å². The molecular weight excluding hydrogens is 147 g/mol. The minimum Gasteiger partial charge on any atom is -0.231 e. The molecule has 0 aliphatic carbocycles. The van der Waals surface area contributed by atoms with Crippen LogP contribution in [0.25, 0.3) is 0 Å². The van der Waals surface area contributed by atoms with Gasteiger partial charge in [-0.15, -0.1) is 0 Å². The summed E-state index contributed by atoms with van der Waals surface area (Å²) in [4.78, 5) is 15.6. The molecule has 2 rings (SSSR count). The van der Waals surface area contributed by atoms with Gasteiger partial charge in [-0.05, 0) is 0 Å². The van der Waals surface area contributed by atoms with Gasteiger partial charge in [-0.3, -0.25) is 0 Å². The molecule has 2 aliphatic rings. The SMILES string of the molecule is P=C1N=CC2=NC=NC2=N1. The van der Waals surface area contributed by atoms with E-state index in [0.717, 1.165) is 5.71 Å². The van der Waals surface area contributed by atoms with Crippen LogP contribution < -0.4 is 0 Å². The fourth-order valence-electron chi connectivity index (χ4n) is 0.698. The van der Waals surface area contributed by atoms with E-state index in [2.05, 4.69) is 28.8 Å². The molecule has 0 aromatic carbocycles. The number of hydrogen-bond donors (Lipinski definition) is 0. The zero-order chi connectivity index (χ0) is 6.97. The topological polar surface area (TPSA) is 49.4 Å². The van der Waals surface area contributed by atoms with E-state index in [0.29, 0.717) is 11.4 Å². The maximum absolute atomic E-state index is 3.96. The van der Waals surface area contributed by atoms with Crippen molar-refractivity contribution in [3.05, 3.63) is 0 Å². The molecule has 10 heavy (non-hydrogen) atoms. The van der Waals surface area contributed by atoms with E-state index in [9.17, 15) is 0 Å². The second-order valence-corrected chi connectivity index (χ2v) is 2.22. The molecule has 0 bridgehead atoms. The summed E-state index contributed by atoms with van der Waals surface area (Å²) in [5, 5.41) is 0. The number of rotatable bonds is 0. The predicted octanol–water partition coefficient (Wildman–Crippen LogP) is 0.182. The quantitative estimate of drug-likeness (QED) is 0.442. The van der Waals surface area contributed by atoms with Gasteiger partial charge in [0.05, 0.1) is 6.21 Å². The van der Waals surface area contributed by atoms with E-state index in [1.165, 1.54) is 6.34 Å². The molecule has 5 heteroatoms. The highest BCUT2D eigenvalue weighted by molar-refractivity contribution is 7.21. The lowest BCUT2D eigenvalue weighted by molar-refractivity contribution is 1.57. The molecule has 0 spiro atoms. The standard InChI is InChI=1S/C5H3N4P/c10-5-6-1-3-4(9-5)8-2-7-3/h1-2,10H. The average molecular weight is 150 g/mol. The Balaban J connectivity index is 2.51. The second-order valence-electron chi connectivity index (χ2n) is 1.78. The summed E-state index contributed by atoms with van der Waals surface area (Å²) in [7, 11) is 3.18. The molecule has 2 aliphatic heterocycles. The Labute approximate surface area is 59.4 Å². The van der Waals surface area contributed by atoms with Crippen LogP contribution in [0, 0.1) is 0 Å². The molecule has 0 radical (unpaired) electrons. The first-order valence-electron chi connectivity index (χ1n) is 2.68. The van der Waals surface area contributed by atoms with Gasteiger partial charge < -0.3 is 0 Å². The van der Waals surface area contributed by atoms with Gasteiger partial charge in [-0.1, -0.05) is 8.86 Å². The fourth-order valence-corrected chi connectivity index (χ4v) is 0.869. The van der Waals surface area contributed by atoms with E-state index in [1.807, 2.05) is 0 Å². The van der Waals surface area contributed by atoms with Gasteiger partial charge in [0.1, 0.15) is 12.1 Å². The summed E-state index contributed by atoms with van der Waals surface area (Å²) in [5.41, 5.74) is 1.26. The Morgan fingerprint density at radius 2 is 2.20 bits per heavy atom. The van der Waals surface area contributed by atoms with Crippen LogP contribution in [-0.2, 0) is 0 Å². The van der Waals surface area contributed by atoms with Crippen molar-refractivity contribution in [3.63, 3.8) is 0 Å². The number of aliphatic imine (C=N–C) groups is 4. The Morgan fingerprint density at radius 3 is 3.10 bits per heavy atom. The normalized spacial score (nSPS) is 20.6. The molecule has 48 valence electrons. The van der Waals surface area contributed by atoms with Gasteiger partial charge in [0.15, 0.2) is 11.4 Å². The Bertz CT molecular complexity index is 310. The van der Waals surface area contributed by atoms with Crippen molar-refractivity contribution in [2.75, 3.05) is 0 Å². The third kappa shape index (κ3) is 0.736. The second kappa shape index (κ2) is 1.92. The van der Waals surface area contributed by atoms with Crippen molar-refractivity contribution in [3.8, 4) is 0 Å². The first-order valence-corrected chi connectivity index (χ1v) is 3.18. The molecule has 0 atom stereocenters. The lowest BCUT2D eigenvalue weighted by Crippen LogP contribution is -2.15. The molecule has 0 aromatic heterocycles. The lowest BCUT2D eigenvalue weighted by Gasteiger charge is -1.98. The summed E-state index contributed by atoms with van der Waals surface area (Å²) in [6.07, 6.45) is 3.09. The van der Waals surface area contributed by atoms with E-state index < -0.39 is 0 Å². The maximum atomic E-state index is 3.96. The largest absolute Gasteiger partial charge is 0.231 e. The van der Waals surface area contributed by atoms with Crippen LogP contribution in [-0.4, -0.2) is 29.6 Å². The summed E-state index contributed by atoms with van der Waals surface area (Å²) in [6.45, 7) is 0. The predicted molar refractivity (Wildman–Crippen MR) is 45.2 cm³/mol. The monoisotopic (exact) mass is 150 g/mol. The van der Waals surface area contributed by atoms with Crippen LogP contribution in [0.3, 0.4) is 0 Å². The summed E-state index contributed by atoms with van der Waals surface area (Å²) in [6, 6.07) is 0. The minimum absolute atomic E-state index is 0.535. The maximum Gasteiger partial charge on any atom is 0.183 e. The smallest absolute Gasteiger partial charge is 0.183 e. The van der Waals surface area contributed by atoms with Crippen LogP contribution in [0.5, 0.6) is 0 Å². The van der Waals surface area contributed by atoms with Crippen molar-refractivity contribution in [2.24, 2.45) is 20.0 Å². The molecule has 0 amide bonds. The zero-order valence-electron chi connectivity index (χ0n) is 4.94. The molecule has 0 saturated carbocycles.